The Morgan fingerprint density at radius 3 is 2.48 bits per heavy atom. The summed E-state index contributed by atoms with van der Waals surface area (Å²) in [6, 6.07) is 14.8. The van der Waals surface area contributed by atoms with Crippen LogP contribution >= 0.6 is 0 Å². The van der Waals surface area contributed by atoms with Gasteiger partial charge in [-0.15, -0.1) is 0 Å². The molecule has 0 bridgehead atoms. The molecule has 7 heteroatoms. The van der Waals surface area contributed by atoms with Gasteiger partial charge in [0.2, 0.25) is 0 Å². The van der Waals surface area contributed by atoms with Gasteiger partial charge in [0.25, 0.3) is 5.56 Å². The summed E-state index contributed by atoms with van der Waals surface area (Å²) in [7, 11) is 1.92. The van der Waals surface area contributed by atoms with Crippen molar-refractivity contribution in [1.82, 2.24) is 20.1 Å². The van der Waals surface area contributed by atoms with Crippen molar-refractivity contribution < 1.29 is 4.39 Å². The van der Waals surface area contributed by atoms with Crippen LogP contribution in [0.1, 0.15) is 54.2 Å². The standard InChI is InChI=1S/C26H26FN5O/c1-15(2)32-26(33)20-12-19(27)13-21-23(20)25(31-32)22(17-6-4-16(5-7-17)14-28-3)24(30-21)18-8-10-29-11-9-18/h4-13,15,22,24,28,30H,14H2,1-3H3. The van der Waals surface area contributed by atoms with E-state index in [9.17, 15) is 9.18 Å². The Morgan fingerprint density at radius 1 is 1.09 bits per heavy atom. The van der Waals surface area contributed by atoms with E-state index in [1.165, 1.54) is 22.4 Å². The Hall–Kier alpha value is -3.58. The molecule has 2 aromatic heterocycles. The summed E-state index contributed by atoms with van der Waals surface area (Å²) in [6.45, 7) is 4.60. The maximum atomic E-state index is 14.6. The summed E-state index contributed by atoms with van der Waals surface area (Å²) in [5.74, 6) is -0.625. The molecule has 0 saturated carbocycles. The maximum absolute atomic E-state index is 14.6. The second-order valence-electron chi connectivity index (χ2n) is 8.76. The lowest BCUT2D eigenvalue weighted by Gasteiger charge is -2.35. The Morgan fingerprint density at radius 2 is 1.82 bits per heavy atom. The fourth-order valence-electron chi connectivity index (χ4n) is 4.72. The molecule has 2 unspecified atom stereocenters. The van der Waals surface area contributed by atoms with Crippen molar-refractivity contribution in [3.05, 3.63) is 99.5 Å². The van der Waals surface area contributed by atoms with Crippen molar-refractivity contribution in [3.63, 3.8) is 0 Å². The molecule has 6 nitrogen and oxygen atoms in total. The summed E-state index contributed by atoms with van der Waals surface area (Å²) in [4.78, 5) is 17.3. The molecular weight excluding hydrogens is 417 g/mol. The van der Waals surface area contributed by atoms with Crippen LogP contribution in [0.5, 0.6) is 0 Å². The topological polar surface area (TPSA) is 71.8 Å². The van der Waals surface area contributed by atoms with Crippen LogP contribution in [-0.4, -0.2) is 21.8 Å². The highest BCUT2D eigenvalue weighted by atomic mass is 19.1. The third kappa shape index (κ3) is 3.68. The van der Waals surface area contributed by atoms with Gasteiger partial charge in [0, 0.05) is 30.0 Å². The fraction of sp³-hybridized carbons (Fsp3) is 0.269. The van der Waals surface area contributed by atoms with Crippen LogP contribution in [0.2, 0.25) is 0 Å². The molecule has 0 amide bonds. The van der Waals surface area contributed by atoms with Gasteiger partial charge in [0.1, 0.15) is 5.82 Å². The first kappa shape index (κ1) is 21.3. The molecule has 0 aliphatic carbocycles. The van der Waals surface area contributed by atoms with Gasteiger partial charge in [0.05, 0.1) is 29.1 Å². The zero-order valence-electron chi connectivity index (χ0n) is 18.8. The number of hydrogen-bond acceptors (Lipinski definition) is 5. The average Bonchev–Trinajstić information content (AvgIpc) is 2.81. The Balaban J connectivity index is 1.81. The molecule has 3 heterocycles. The lowest BCUT2D eigenvalue weighted by Crippen LogP contribution is -2.32. The molecule has 2 atom stereocenters. The lowest BCUT2D eigenvalue weighted by molar-refractivity contribution is 0.486. The average molecular weight is 444 g/mol. The number of benzene rings is 2. The van der Waals surface area contributed by atoms with Gasteiger partial charge < -0.3 is 10.6 Å². The number of rotatable bonds is 5. The van der Waals surface area contributed by atoms with E-state index < -0.39 is 5.82 Å². The molecule has 1 aliphatic rings. The van der Waals surface area contributed by atoms with Crippen LogP contribution in [0.3, 0.4) is 0 Å². The molecule has 0 saturated heterocycles. The van der Waals surface area contributed by atoms with E-state index in [-0.39, 0.29) is 23.6 Å². The van der Waals surface area contributed by atoms with Crippen LogP contribution in [0, 0.1) is 5.82 Å². The highest BCUT2D eigenvalue weighted by Crippen LogP contribution is 2.46. The number of pyridine rings is 1. The smallest absolute Gasteiger partial charge is 0.275 e. The molecule has 0 radical (unpaired) electrons. The molecule has 168 valence electrons. The predicted octanol–water partition coefficient (Wildman–Crippen LogP) is 4.53. The minimum atomic E-state index is -0.446. The number of halogens is 1. The Bertz CT molecular complexity index is 1370. The molecule has 2 N–H and O–H groups in total. The minimum absolute atomic E-state index is 0.155. The third-order valence-electron chi connectivity index (χ3n) is 6.23. The largest absolute Gasteiger partial charge is 0.377 e. The van der Waals surface area contributed by atoms with Crippen LogP contribution in [0.15, 0.2) is 65.7 Å². The summed E-state index contributed by atoms with van der Waals surface area (Å²) in [5, 5.41) is 12.6. The first-order valence-corrected chi connectivity index (χ1v) is 11.1. The molecule has 0 spiro atoms. The Kier molecular flexibility index (Phi) is 5.42. The SMILES string of the molecule is CNCc1ccc(C2c3nn(C(C)C)c(=O)c4cc(F)cc(c34)NC2c2ccncc2)cc1. The summed E-state index contributed by atoms with van der Waals surface area (Å²) in [5.41, 5.74) is 4.35. The molecule has 2 aromatic carbocycles. The van der Waals surface area contributed by atoms with E-state index in [4.69, 9.17) is 5.10 Å². The molecule has 4 aromatic rings. The van der Waals surface area contributed by atoms with Crippen molar-refractivity contribution in [1.29, 1.82) is 0 Å². The van der Waals surface area contributed by atoms with Gasteiger partial charge in [-0.2, -0.15) is 5.10 Å². The zero-order valence-corrected chi connectivity index (χ0v) is 18.8. The van der Waals surface area contributed by atoms with Gasteiger partial charge in [-0.3, -0.25) is 9.78 Å². The van der Waals surface area contributed by atoms with Gasteiger partial charge in [-0.1, -0.05) is 24.3 Å². The highest BCUT2D eigenvalue weighted by molar-refractivity contribution is 5.97. The second kappa shape index (κ2) is 8.41. The monoisotopic (exact) mass is 443 g/mol. The number of anilines is 1. The highest BCUT2D eigenvalue weighted by Gasteiger charge is 2.36. The summed E-state index contributed by atoms with van der Waals surface area (Å²) >= 11 is 0. The van der Waals surface area contributed by atoms with E-state index in [0.717, 1.165) is 23.4 Å². The van der Waals surface area contributed by atoms with Crippen LogP contribution < -0.4 is 16.2 Å². The van der Waals surface area contributed by atoms with E-state index in [1.807, 2.05) is 33.0 Å². The molecule has 5 rings (SSSR count). The fourth-order valence-corrected chi connectivity index (χ4v) is 4.72. The van der Waals surface area contributed by atoms with Gasteiger partial charge >= 0.3 is 0 Å². The van der Waals surface area contributed by atoms with Crippen LogP contribution in [0.25, 0.3) is 10.8 Å². The lowest BCUT2D eigenvalue weighted by atomic mass is 9.80. The Labute approximate surface area is 191 Å². The van der Waals surface area contributed by atoms with E-state index >= 15 is 0 Å². The first-order valence-electron chi connectivity index (χ1n) is 11.1. The minimum Gasteiger partial charge on any atom is -0.377 e. The maximum Gasteiger partial charge on any atom is 0.275 e. The van der Waals surface area contributed by atoms with Gasteiger partial charge in [0.15, 0.2) is 0 Å². The quantitative estimate of drug-likeness (QED) is 0.474. The van der Waals surface area contributed by atoms with Gasteiger partial charge in [-0.25, -0.2) is 9.07 Å². The second-order valence-corrected chi connectivity index (χ2v) is 8.76. The van der Waals surface area contributed by atoms with Crippen LogP contribution in [0.4, 0.5) is 10.1 Å². The van der Waals surface area contributed by atoms with Crippen molar-refractivity contribution in [2.24, 2.45) is 0 Å². The van der Waals surface area contributed by atoms with Gasteiger partial charge in [-0.05, 0) is 61.9 Å². The van der Waals surface area contributed by atoms with E-state index in [0.29, 0.717) is 16.5 Å². The number of nitrogens with zero attached hydrogens (tertiary/aromatic N) is 3. The molecular formula is C26H26FN5O. The first-order chi connectivity index (χ1) is 16.0. The van der Waals surface area contributed by atoms with Crippen molar-refractivity contribution in [2.45, 2.75) is 38.4 Å². The number of aromatic nitrogens is 3. The molecule has 33 heavy (non-hydrogen) atoms. The predicted molar refractivity (Wildman–Crippen MR) is 128 cm³/mol. The van der Waals surface area contributed by atoms with Crippen molar-refractivity contribution in [2.75, 3.05) is 12.4 Å². The number of hydrogen-bond donors (Lipinski definition) is 2. The normalized spacial score (nSPS) is 17.4. The zero-order chi connectivity index (χ0) is 23.1. The van der Waals surface area contributed by atoms with Crippen molar-refractivity contribution >= 4 is 16.5 Å². The van der Waals surface area contributed by atoms with Crippen molar-refractivity contribution in [3.8, 4) is 0 Å². The molecule has 0 fully saturated rings. The summed E-state index contributed by atoms with van der Waals surface area (Å²) < 4.78 is 16.1. The van der Waals surface area contributed by atoms with E-state index in [1.54, 1.807) is 12.4 Å². The van der Waals surface area contributed by atoms with E-state index in [2.05, 4.69) is 39.9 Å². The van der Waals surface area contributed by atoms with Crippen LogP contribution in [-0.2, 0) is 6.54 Å². The summed E-state index contributed by atoms with van der Waals surface area (Å²) in [6.07, 6.45) is 3.51. The molecule has 1 aliphatic heterocycles. The third-order valence-corrected chi connectivity index (χ3v) is 6.23. The number of nitrogens with one attached hydrogen (secondary N) is 2.